The van der Waals surface area contributed by atoms with Gasteiger partial charge in [-0.25, -0.2) is 9.69 Å². The molecule has 2 heterocycles. The molecule has 34 heavy (non-hydrogen) atoms. The predicted molar refractivity (Wildman–Crippen MR) is 116 cm³/mol. The first-order valence-electron chi connectivity index (χ1n) is 9.84. The van der Waals surface area contributed by atoms with E-state index >= 15 is 0 Å². The van der Waals surface area contributed by atoms with Gasteiger partial charge in [0.15, 0.2) is 12.4 Å². The molecule has 3 aromatic rings. The number of benzene rings is 2. The zero-order valence-electron chi connectivity index (χ0n) is 17.9. The summed E-state index contributed by atoms with van der Waals surface area (Å²) in [5, 5.41) is 17.1. The number of hydrogen-bond donors (Lipinski definition) is 1. The van der Waals surface area contributed by atoms with Crippen molar-refractivity contribution < 1.29 is 33.4 Å². The molecule has 0 bridgehead atoms. The van der Waals surface area contributed by atoms with Crippen LogP contribution in [0.25, 0.3) is 0 Å². The Morgan fingerprint density at radius 2 is 1.82 bits per heavy atom. The van der Waals surface area contributed by atoms with Crippen LogP contribution in [-0.2, 0) is 9.53 Å². The lowest BCUT2D eigenvalue weighted by Gasteiger charge is -2.08. The van der Waals surface area contributed by atoms with Crippen molar-refractivity contribution in [2.24, 2.45) is 0 Å². The van der Waals surface area contributed by atoms with E-state index in [2.05, 4.69) is 10.5 Å². The summed E-state index contributed by atoms with van der Waals surface area (Å²) in [6.45, 7) is 2.50. The number of nitrogens with zero attached hydrogens (tertiary/aromatic N) is 3. The molecule has 0 saturated heterocycles. The molecule has 1 N–H and O–H groups in total. The number of imide groups is 1. The fourth-order valence-corrected chi connectivity index (χ4v) is 3.33. The van der Waals surface area contributed by atoms with Gasteiger partial charge in [0.2, 0.25) is 0 Å². The molecule has 0 atom stereocenters. The Kier molecular flexibility index (Phi) is 5.63. The monoisotopic (exact) mass is 464 g/mol. The van der Waals surface area contributed by atoms with E-state index in [4.69, 9.17) is 9.26 Å². The number of nitro groups is 1. The summed E-state index contributed by atoms with van der Waals surface area (Å²) in [7, 11) is 0. The first-order chi connectivity index (χ1) is 16.2. The molecule has 0 unspecified atom stereocenters. The number of aryl methyl sites for hydroxylation is 2. The van der Waals surface area contributed by atoms with E-state index in [-0.39, 0.29) is 33.9 Å². The number of fused-ring (bicyclic) bond motifs is 1. The smallest absolute Gasteiger partial charge is 0.338 e. The summed E-state index contributed by atoms with van der Waals surface area (Å²) >= 11 is 0. The third kappa shape index (κ3) is 4.11. The molecule has 2 aromatic carbocycles. The van der Waals surface area contributed by atoms with Crippen LogP contribution in [0.3, 0.4) is 0 Å². The van der Waals surface area contributed by atoms with Gasteiger partial charge in [-0.05, 0) is 38.1 Å². The molecule has 0 aliphatic carbocycles. The van der Waals surface area contributed by atoms with Gasteiger partial charge in [-0.15, -0.1) is 0 Å². The number of ether oxygens (including phenoxy) is 1. The summed E-state index contributed by atoms with van der Waals surface area (Å²) in [6.07, 6.45) is 0. The lowest BCUT2D eigenvalue weighted by Crippen LogP contribution is -2.29. The van der Waals surface area contributed by atoms with Crippen LogP contribution in [0.4, 0.5) is 17.2 Å². The van der Waals surface area contributed by atoms with Gasteiger partial charge in [-0.3, -0.25) is 24.5 Å². The molecule has 1 aliphatic rings. The Morgan fingerprint density at radius 3 is 2.50 bits per heavy atom. The molecule has 0 radical (unpaired) electrons. The van der Waals surface area contributed by atoms with Crippen molar-refractivity contribution in [2.45, 2.75) is 13.8 Å². The lowest BCUT2D eigenvalue weighted by molar-refractivity contribution is -0.385. The Morgan fingerprint density at radius 1 is 1.09 bits per heavy atom. The van der Waals surface area contributed by atoms with Gasteiger partial charge < -0.3 is 14.6 Å². The van der Waals surface area contributed by atoms with Crippen LogP contribution >= 0.6 is 0 Å². The average Bonchev–Trinajstić information content (AvgIpc) is 3.33. The van der Waals surface area contributed by atoms with E-state index in [1.807, 2.05) is 0 Å². The van der Waals surface area contributed by atoms with Gasteiger partial charge in [-0.1, -0.05) is 11.2 Å². The number of nitrogens with one attached hydrogen (secondary N) is 1. The fraction of sp³-hybridized carbons (Fsp3) is 0.136. The molecular formula is C22H16N4O8. The molecule has 4 rings (SSSR count). The molecule has 12 nitrogen and oxygen atoms in total. The molecular weight excluding hydrogens is 448 g/mol. The van der Waals surface area contributed by atoms with E-state index in [0.717, 1.165) is 4.90 Å². The number of anilines is 2. The number of hydrogen-bond acceptors (Lipinski definition) is 9. The van der Waals surface area contributed by atoms with Crippen molar-refractivity contribution in [3.63, 3.8) is 0 Å². The highest BCUT2D eigenvalue weighted by Gasteiger charge is 2.39. The minimum atomic E-state index is -0.899. The maximum atomic E-state index is 12.7. The van der Waals surface area contributed by atoms with E-state index in [1.165, 1.54) is 42.5 Å². The van der Waals surface area contributed by atoms with Gasteiger partial charge in [0.05, 0.1) is 21.6 Å². The maximum Gasteiger partial charge on any atom is 0.338 e. The SMILES string of the molecule is Cc1cc(N2C(=O)c3ccc(C(=O)OCC(=O)Nc4ccc(C)c([N+](=O)[O-])c4)cc3C2=O)no1. The van der Waals surface area contributed by atoms with Gasteiger partial charge in [0, 0.05) is 23.4 Å². The maximum absolute atomic E-state index is 12.7. The second kappa shape index (κ2) is 8.58. The zero-order chi connectivity index (χ0) is 24.6. The molecule has 0 saturated carbocycles. The zero-order valence-corrected chi connectivity index (χ0v) is 17.9. The van der Waals surface area contributed by atoms with Gasteiger partial charge >= 0.3 is 5.97 Å². The normalized spacial score (nSPS) is 12.5. The fourth-order valence-electron chi connectivity index (χ4n) is 3.33. The second-order valence-electron chi connectivity index (χ2n) is 7.38. The highest BCUT2D eigenvalue weighted by atomic mass is 16.6. The average molecular weight is 464 g/mol. The van der Waals surface area contributed by atoms with E-state index in [1.54, 1.807) is 13.8 Å². The molecule has 172 valence electrons. The molecule has 0 spiro atoms. The number of carbonyl (C=O) groups is 4. The van der Waals surface area contributed by atoms with Crippen molar-refractivity contribution >= 4 is 40.9 Å². The van der Waals surface area contributed by atoms with Crippen molar-refractivity contribution in [1.82, 2.24) is 5.16 Å². The second-order valence-corrected chi connectivity index (χ2v) is 7.38. The first-order valence-corrected chi connectivity index (χ1v) is 9.84. The van der Waals surface area contributed by atoms with Crippen molar-refractivity contribution in [2.75, 3.05) is 16.8 Å². The van der Waals surface area contributed by atoms with Gasteiger partial charge in [-0.2, -0.15) is 0 Å². The first kappa shape index (κ1) is 22.3. The quantitative estimate of drug-likeness (QED) is 0.250. The molecule has 12 heteroatoms. The molecule has 1 aromatic heterocycles. The van der Waals surface area contributed by atoms with Crippen molar-refractivity contribution in [3.05, 3.63) is 80.6 Å². The van der Waals surface area contributed by atoms with Gasteiger partial charge in [0.1, 0.15) is 5.76 Å². The Bertz CT molecular complexity index is 1380. The standard InChI is InChI=1S/C22H16N4O8/c1-11-3-5-14(9-17(11)26(31)32)23-19(27)10-33-22(30)13-4-6-15-16(8-13)21(29)25(20(15)28)18-7-12(2)34-24-18/h3-9H,10H2,1-2H3,(H,23,27). The van der Waals surface area contributed by atoms with Crippen LogP contribution in [0.15, 0.2) is 47.0 Å². The third-order valence-electron chi connectivity index (χ3n) is 4.99. The van der Waals surface area contributed by atoms with Gasteiger partial charge in [0.25, 0.3) is 23.4 Å². The Hall–Kier alpha value is -4.87. The molecule has 1 aliphatic heterocycles. The summed E-state index contributed by atoms with van der Waals surface area (Å²) in [6, 6.07) is 9.39. The lowest BCUT2D eigenvalue weighted by atomic mass is 10.1. The molecule has 3 amide bonds. The van der Waals surface area contributed by atoms with Crippen molar-refractivity contribution in [1.29, 1.82) is 0 Å². The van der Waals surface area contributed by atoms with E-state index in [0.29, 0.717) is 11.3 Å². The highest BCUT2D eigenvalue weighted by Crippen LogP contribution is 2.29. The van der Waals surface area contributed by atoms with Crippen LogP contribution in [0, 0.1) is 24.0 Å². The summed E-state index contributed by atoms with van der Waals surface area (Å²) in [5.41, 5.74) is 0.454. The van der Waals surface area contributed by atoms with Crippen LogP contribution in [-0.4, -0.2) is 40.4 Å². The molecule has 0 fully saturated rings. The highest BCUT2D eigenvalue weighted by molar-refractivity contribution is 6.34. The third-order valence-corrected chi connectivity index (χ3v) is 4.99. The summed E-state index contributed by atoms with van der Waals surface area (Å²) < 4.78 is 9.89. The van der Waals surface area contributed by atoms with Crippen LogP contribution in [0.5, 0.6) is 0 Å². The number of rotatable bonds is 6. The number of carbonyl (C=O) groups excluding carboxylic acids is 4. The van der Waals surface area contributed by atoms with E-state index < -0.39 is 35.2 Å². The number of aromatic nitrogens is 1. The van der Waals surface area contributed by atoms with Crippen molar-refractivity contribution in [3.8, 4) is 0 Å². The Balaban J connectivity index is 1.42. The number of amides is 3. The predicted octanol–water partition coefficient (Wildman–Crippen LogP) is 2.80. The largest absolute Gasteiger partial charge is 0.452 e. The Labute approximate surface area is 191 Å². The summed E-state index contributed by atoms with van der Waals surface area (Å²) in [4.78, 5) is 61.1. The summed E-state index contributed by atoms with van der Waals surface area (Å²) in [5.74, 6) is -2.47. The van der Waals surface area contributed by atoms with E-state index in [9.17, 15) is 29.3 Å². The van der Waals surface area contributed by atoms with Crippen LogP contribution < -0.4 is 10.2 Å². The minimum absolute atomic E-state index is 0.0171. The number of nitro benzene ring substituents is 1. The number of esters is 1. The minimum Gasteiger partial charge on any atom is -0.452 e. The van der Waals surface area contributed by atoms with Crippen LogP contribution in [0.1, 0.15) is 42.4 Å². The van der Waals surface area contributed by atoms with Crippen LogP contribution in [0.2, 0.25) is 0 Å². The topological polar surface area (TPSA) is 162 Å².